The van der Waals surface area contributed by atoms with E-state index >= 15 is 0 Å². The molecule has 13 heavy (non-hydrogen) atoms. The van der Waals surface area contributed by atoms with Gasteiger partial charge in [0.15, 0.2) is 0 Å². The third-order valence-electron chi connectivity index (χ3n) is 0.651. The molecule has 0 aromatic carbocycles. The molecule has 0 unspecified atom stereocenters. The van der Waals surface area contributed by atoms with Crippen molar-refractivity contribution in [3.8, 4) is 0 Å². The number of rotatable bonds is 0. The fraction of sp³-hybridized carbons (Fsp3) is 0. The summed E-state index contributed by atoms with van der Waals surface area (Å²) < 4.78 is 22.8. The second-order valence-corrected chi connectivity index (χ2v) is 1.58. The minimum atomic E-state index is -2.20. The van der Waals surface area contributed by atoms with Gasteiger partial charge in [0.05, 0.1) is 0 Å². The standard InChI is InChI=1S/C4H3F2N3O4/c5-1(10)7-3(12)9-4(13)8-2(6)11/h(H3,7,8,9,10,11,12,13). The molecule has 0 atom stereocenters. The number of carbonyl (C=O) groups is 4. The van der Waals surface area contributed by atoms with Crippen molar-refractivity contribution in [3.63, 3.8) is 0 Å². The lowest BCUT2D eigenvalue weighted by Crippen LogP contribution is -2.46. The predicted octanol–water partition coefficient (Wildman–Crippen LogP) is 0.174. The molecule has 72 valence electrons. The molecule has 0 aliphatic heterocycles. The van der Waals surface area contributed by atoms with E-state index in [0.29, 0.717) is 0 Å². The maximum Gasteiger partial charge on any atom is 0.405 e. The van der Waals surface area contributed by atoms with E-state index < -0.39 is 24.4 Å². The largest absolute Gasteiger partial charge is 0.405 e. The molecule has 7 nitrogen and oxygen atoms in total. The van der Waals surface area contributed by atoms with Crippen molar-refractivity contribution >= 4 is 24.4 Å². The lowest BCUT2D eigenvalue weighted by atomic mass is 10.8. The Morgan fingerprint density at radius 3 is 1.23 bits per heavy atom. The molecule has 3 N–H and O–H groups in total. The molecule has 0 aliphatic carbocycles. The first kappa shape index (κ1) is 10.9. The minimum absolute atomic E-state index is 0.997. The molecule has 0 rings (SSSR count). The maximum atomic E-state index is 11.4. The van der Waals surface area contributed by atoms with E-state index in [-0.39, 0.29) is 0 Å². The Balaban J connectivity index is 3.85. The summed E-state index contributed by atoms with van der Waals surface area (Å²) >= 11 is 0. The number of halogens is 2. The number of nitrogens with one attached hydrogen (secondary N) is 3. The minimum Gasteiger partial charge on any atom is -0.259 e. The summed E-state index contributed by atoms with van der Waals surface area (Å²) in [5.41, 5.74) is 0. The summed E-state index contributed by atoms with van der Waals surface area (Å²) in [6.45, 7) is 0. The van der Waals surface area contributed by atoms with Crippen molar-refractivity contribution in [2.24, 2.45) is 0 Å². The quantitative estimate of drug-likeness (QED) is 0.378. The normalized spacial score (nSPS) is 8.46. The molecule has 6 amide bonds. The van der Waals surface area contributed by atoms with Gasteiger partial charge in [-0.15, -0.1) is 8.78 Å². The van der Waals surface area contributed by atoms with Crippen LogP contribution >= 0.6 is 0 Å². The number of carbonyl (C=O) groups excluding carboxylic acids is 4. The molecule has 0 spiro atoms. The number of imide groups is 3. The lowest BCUT2D eigenvalue weighted by Gasteiger charge is -2.00. The van der Waals surface area contributed by atoms with Crippen molar-refractivity contribution in [2.45, 2.75) is 0 Å². The van der Waals surface area contributed by atoms with Gasteiger partial charge in [0, 0.05) is 0 Å². The Morgan fingerprint density at radius 2 is 1.00 bits per heavy atom. The topological polar surface area (TPSA) is 104 Å². The lowest BCUT2D eigenvalue weighted by molar-refractivity contribution is 0.209. The Morgan fingerprint density at radius 1 is 0.692 bits per heavy atom. The van der Waals surface area contributed by atoms with E-state index in [9.17, 15) is 28.0 Å². The van der Waals surface area contributed by atoms with Gasteiger partial charge in [0.2, 0.25) is 0 Å². The zero-order valence-electron chi connectivity index (χ0n) is 5.89. The molecule has 0 heterocycles. The van der Waals surface area contributed by atoms with Crippen LogP contribution in [0.3, 0.4) is 0 Å². The Kier molecular flexibility index (Phi) is 3.99. The molecule has 0 aromatic heterocycles. The highest BCUT2D eigenvalue weighted by Gasteiger charge is 2.11. The molecule has 0 aliphatic rings. The van der Waals surface area contributed by atoms with Gasteiger partial charge in [-0.1, -0.05) is 0 Å². The Labute approximate surface area is 69.5 Å². The van der Waals surface area contributed by atoms with Crippen LogP contribution in [0.15, 0.2) is 0 Å². The summed E-state index contributed by atoms with van der Waals surface area (Å²) in [7, 11) is 0. The number of urea groups is 2. The fourth-order valence-corrected chi connectivity index (χ4v) is 0.344. The van der Waals surface area contributed by atoms with Crippen molar-refractivity contribution in [2.75, 3.05) is 0 Å². The maximum absolute atomic E-state index is 11.4. The van der Waals surface area contributed by atoms with Crippen LogP contribution in [-0.4, -0.2) is 24.4 Å². The van der Waals surface area contributed by atoms with Gasteiger partial charge in [-0.3, -0.25) is 5.32 Å². The van der Waals surface area contributed by atoms with Gasteiger partial charge >= 0.3 is 24.4 Å². The summed E-state index contributed by atoms with van der Waals surface area (Å²) in [5.74, 6) is 0. The zero-order valence-corrected chi connectivity index (χ0v) is 5.89. The highest BCUT2D eigenvalue weighted by molar-refractivity contribution is 6.03. The van der Waals surface area contributed by atoms with E-state index in [1.165, 1.54) is 5.32 Å². The van der Waals surface area contributed by atoms with Crippen LogP contribution in [0.5, 0.6) is 0 Å². The summed E-state index contributed by atoms with van der Waals surface area (Å²) in [4.78, 5) is 39.6. The second-order valence-electron chi connectivity index (χ2n) is 1.58. The highest BCUT2D eigenvalue weighted by atomic mass is 19.1. The SMILES string of the molecule is O=C(F)NC(=O)NC(=O)NC(=O)F. The van der Waals surface area contributed by atoms with Crippen LogP contribution in [0.2, 0.25) is 0 Å². The summed E-state index contributed by atoms with van der Waals surface area (Å²) in [6.07, 6.45) is -4.39. The smallest absolute Gasteiger partial charge is 0.259 e. The molecule has 0 saturated carbocycles. The third-order valence-corrected chi connectivity index (χ3v) is 0.651. The third kappa shape index (κ3) is 6.34. The fourth-order valence-electron chi connectivity index (χ4n) is 0.344. The van der Waals surface area contributed by atoms with Gasteiger partial charge in [-0.05, 0) is 0 Å². The van der Waals surface area contributed by atoms with Crippen molar-refractivity contribution in [1.82, 2.24) is 16.0 Å². The van der Waals surface area contributed by atoms with Crippen LogP contribution in [0.4, 0.5) is 28.0 Å². The van der Waals surface area contributed by atoms with Gasteiger partial charge in [-0.2, -0.15) is 0 Å². The van der Waals surface area contributed by atoms with Gasteiger partial charge in [0.1, 0.15) is 0 Å². The predicted molar refractivity (Wildman–Crippen MR) is 33.2 cm³/mol. The zero-order chi connectivity index (χ0) is 10.4. The van der Waals surface area contributed by atoms with Crippen LogP contribution in [0, 0.1) is 0 Å². The van der Waals surface area contributed by atoms with Crippen LogP contribution in [-0.2, 0) is 0 Å². The van der Waals surface area contributed by atoms with Crippen molar-refractivity contribution in [1.29, 1.82) is 0 Å². The van der Waals surface area contributed by atoms with E-state index in [2.05, 4.69) is 0 Å². The van der Waals surface area contributed by atoms with Gasteiger partial charge in [-0.25, -0.2) is 29.8 Å². The monoisotopic (exact) mass is 195 g/mol. The number of amides is 6. The molecule has 0 aromatic rings. The van der Waals surface area contributed by atoms with Gasteiger partial charge in [0.25, 0.3) is 0 Å². The van der Waals surface area contributed by atoms with Gasteiger partial charge < -0.3 is 0 Å². The molecular weight excluding hydrogens is 192 g/mol. The first-order chi connectivity index (χ1) is 5.91. The molecule has 0 bridgehead atoms. The first-order valence-electron chi connectivity index (χ1n) is 2.69. The Hall–Kier alpha value is -2.06. The number of hydrogen-bond donors (Lipinski definition) is 3. The van der Waals surface area contributed by atoms with E-state index in [4.69, 9.17) is 0 Å². The summed E-state index contributed by atoms with van der Waals surface area (Å²) in [5, 5.41) is 3.21. The van der Waals surface area contributed by atoms with Crippen molar-refractivity contribution < 1.29 is 28.0 Å². The molecule has 0 radical (unpaired) electrons. The second kappa shape index (κ2) is 4.74. The van der Waals surface area contributed by atoms with E-state index in [1.807, 2.05) is 0 Å². The average Bonchev–Trinajstić information content (AvgIpc) is 1.80. The van der Waals surface area contributed by atoms with Crippen molar-refractivity contribution in [3.05, 3.63) is 0 Å². The average molecular weight is 195 g/mol. The van der Waals surface area contributed by atoms with Crippen LogP contribution < -0.4 is 16.0 Å². The molecular formula is C4H3F2N3O4. The first-order valence-corrected chi connectivity index (χ1v) is 2.69. The molecule has 9 heteroatoms. The van der Waals surface area contributed by atoms with E-state index in [1.54, 1.807) is 0 Å². The summed E-state index contributed by atoms with van der Waals surface area (Å²) in [6, 6.07) is -3.04. The number of hydrogen-bond acceptors (Lipinski definition) is 4. The Bertz CT molecular complexity index is 240. The highest BCUT2D eigenvalue weighted by Crippen LogP contribution is 1.74. The molecule has 0 saturated heterocycles. The molecule has 0 fully saturated rings. The van der Waals surface area contributed by atoms with Crippen LogP contribution in [0.1, 0.15) is 0 Å². The van der Waals surface area contributed by atoms with Crippen LogP contribution in [0.25, 0.3) is 0 Å². The van der Waals surface area contributed by atoms with E-state index in [0.717, 1.165) is 10.6 Å².